The van der Waals surface area contributed by atoms with Gasteiger partial charge in [0.25, 0.3) is 0 Å². The Hall–Kier alpha value is -1.06. The molecule has 2 unspecified atom stereocenters. The molecule has 0 aromatic rings. The molecule has 15 heavy (non-hydrogen) atoms. The van der Waals surface area contributed by atoms with Crippen LogP contribution >= 0.6 is 0 Å². The van der Waals surface area contributed by atoms with Crippen LogP contribution in [0.15, 0.2) is 0 Å². The second kappa shape index (κ2) is 5.73. The molecule has 4 heteroatoms. The number of carbonyl (C=O) groups is 2. The fourth-order valence-electron chi connectivity index (χ4n) is 1.65. The normalized spacial score (nSPS) is 16.5. The lowest BCUT2D eigenvalue weighted by atomic mass is 9.84. The molecule has 0 aromatic heterocycles. The number of carbonyl (C=O) groups excluding carboxylic acids is 1. The molecule has 0 aliphatic rings. The summed E-state index contributed by atoms with van der Waals surface area (Å²) in [4.78, 5) is 22.2. The van der Waals surface area contributed by atoms with Crippen molar-refractivity contribution in [2.45, 2.75) is 52.5 Å². The predicted molar refractivity (Wildman–Crippen MR) is 58.5 cm³/mol. The van der Waals surface area contributed by atoms with E-state index in [-0.39, 0.29) is 11.8 Å². The van der Waals surface area contributed by atoms with Gasteiger partial charge in [0.05, 0.1) is 0 Å². The van der Waals surface area contributed by atoms with Crippen molar-refractivity contribution >= 4 is 11.9 Å². The van der Waals surface area contributed by atoms with Crippen molar-refractivity contribution in [2.75, 3.05) is 0 Å². The fourth-order valence-corrected chi connectivity index (χ4v) is 1.65. The van der Waals surface area contributed by atoms with Gasteiger partial charge in [-0.1, -0.05) is 27.2 Å². The minimum Gasteiger partial charge on any atom is -0.480 e. The first-order chi connectivity index (χ1) is 6.88. The van der Waals surface area contributed by atoms with E-state index in [1.165, 1.54) is 6.92 Å². The summed E-state index contributed by atoms with van der Waals surface area (Å²) in [5.74, 6) is -0.948. The molecular formula is C11H21NO3. The molecule has 0 bridgehead atoms. The fraction of sp³-hybridized carbons (Fsp3) is 0.818. The number of hydrogen-bond acceptors (Lipinski definition) is 2. The topological polar surface area (TPSA) is 66.4 Å². The van der Waals surface area contributed by atoms with Crippen molar-refractivity contribution in [3.05, 3.63) is 0 Å². The molecule has 0 fully saturated rings. The van der Waals surface area contributed by atoms with E-state index < -0.39 is 11.5 Å². The number of aliphatic carboxylic acids is 1. The molecule has 0 aromatic carbocycles. The van der Waals surface area contributed by atoms with E-state index >= 15 is 0 Å². The highest BCUT2D eigenvalue weighted by atomic mass is 16.4. The van der Waals surface area contributed by atoms with Crippen LogP contribution in [-0.4, -0.2) is 22.5 Å². The average molecular weight is 215 g/mol. The van der Waals surface area contributed by atoms with Gasteiger partial charge in [0, 0.05) is 6.92 Å². The molecule has 88 valence electrons. The van der Waals surface area contributed by atoms with Gasteiger partial charge in [-0.3, -0.25) is 4.79 Å². The van der Waals surface area contributed by atoms with Crippen molar-refractivity contribution in [1.29, 1.82) is 0 Å². The minimum atomic E-state index is -1.10. The van der Waals surface area contributed by atoms with E-state index in [1.54, 1.807) is 6.92 Å². The molecule has 1 amide bonds. The molecule has 0 spiro atoms. The molecule has 0 saturated carbocycles. The van der Waals surface area contributed by atoms with Crippen LogP contribution in [0.1, 0.15) is 47.0 Å². The molecule has 4 nitrogen and oxygen atoms in total. The first-order valence-corrected chi connectivity index (χ1v) is 5.40. The molecule has 0 heterocycles. The summed E-state index contributed by atoms with van der Waals surface area (Å²) in [5, 5.41) is 11.8. The third kappa shape index (κ3) is 3.90. The number of amides is 1. The van der Waals surface area contributed by atoms with Crippen molar-refractivity contribution in [2.24, 2.45) is 5.92 Å². The Morgan fingerprint density at radius 1 is 1.40 bits per heavy atom. The van der Waals surface area contributed by atoms with Gasteiger partial charge in [0.1, 0.15) is 5.54 Å². The van der Waals surface area contributed by atoms with Crippen molar-refractivity contribution in [3.8, 4) is 0 Å². The molecule has 2 N–H and O–H groups in total. The van der Waals surface area contributed by atoms with E-state index in [0.717, 1.165) is 6.42 Å². The van der Waals surface area contributed by atoms with Crippen molar-refractivity contribution < 1.29 is 14.7 Å². The summed E-state index contributed by atoms with van der Waals surface area (Å²) >= 11 is 0. The van der Waals surface area contributed by atoms with Crippen LogP contribution < -0.4 is 5.32 Å². The van der Waals surface area contributed by atoms with Crippen LogP contribution in [0.2, 0.25) is 0 Å². The van der Waals surface area contributed by atoms with Gasteiger partial charge in [0.15, 0.2) is 0 Å². The third-order valence-electron chi connectivity index (χ3n) is 2.82. The molecule has 0 aliphatic carbocycles. The second-order valence-corrected chi connectivity index (χ2v) is 4.14. The number of nitrogens with one attached hydrogen (secondary N) is 1. The van der Waals surface area contributed by atoms with Crippen LogP contribution in [0.4, 0.5) is 0 Å². The van der Waals surface area contributed by atoms with Gasteiger partial charge in [-0.15, -0.1) is 0 Å². The Morgan fingerprint density at radius 3 is 2.20 bits per heavy atom. The lowest BCUT2D eigenvalue weighted by Crippen LogP contribution is -2.54. The smallest absolute Gasteiger partial charge is 0.329 e. The van der Waals surface area contributed by atoms with Crippen LogP contribution in [0, 0.1) is 5.92 Å². The number of carboxylic acid groups (broad SMARTS) is 1. The van der Waals surface area contributed by atoms with Gasteiger partial charge < -0.3 is 10.4 Å². The maximum absolute atomic E-state index is 11.2. The zero-order chi connectivity index (χ0) is 12.1. The summed E-state index contributed by atoms with van der Waals surface area (Å²) in [6.45, 7) is 7.15. The maximum Gasteiger partial charge on any atom is 0.329 e. The maximum atomic E-state index is 11.2. The highest BCUT2D eigenvalue weighted by molar-refractivity contribution is 5.85. The molecule has 2 atom stereocenters. The Morgan fingerprint density at radius 2 is 1.93 bits per heavy atom. The lowest BCUT2D eigenvalue weighted by molar-refractivity contribution is -0.148. The number of carboxylic acids is 1. The summed E-state index contributed by atoms with van der Waals surface area (Å²) in [5.41, 5.74) is -1.10. The standard InChI is InChI=1S/C11H21NO3/c1-5-8(3)7-11(6-2,10(14)15)12-9(4)13/h8H,5-7H2,1-4H3,(H,12,13)(H,14,15). The Kier molecular flexibility index (Phi) is 5.33. The van der Waals surface area contributed by atoms with Gasteiger partial charge in [-0.05, 0) is 18.8 Å². The monoisotopic (exact) mass is 215 g/mol. The minimum absolute atomic E-state index is 0.285. The van der Waals surface area contributed by atoms with Gasteiger partial charge in [0.2, 0.25) is 5.91 Å². The van der Waals surface area contributed by atoms with E-state index in [0.29, 0.717) is 12.8 Å². The second-order valence-electron chi connectivity index (χ2n) is 4.14. The average Bonchev–Trinajstić information content (AvgIpc) is 2.15. The van der Waals surface area contributed by atoms with E-state index in [2.05, 4.69) is 5.32 Å². The SMILES string of the molecule is CCC(C)CC(CC)(NC(C)=O)C(=O)O. The molecular weight excluding hydrogens is 194 g/mol. The Balaban J connectivity index is 4.80. The summed E-state index contributed by atoms with van der Waals surface area (Å²) in [7, 11) is 0. The van der Waals surface area contributed by atoms with Gasteiger partial charge >= 0.3 is 5.97 Å². The van der Waals surface area contributed by atoms with Crippen molar-refractivity contribution in [1.82, 2.24) is 5.32 Å². The van der Waals surface area contributed by atoms with E-state index in [9.17, 15) is 14.7 Å². The molecule has 0 radical (unpaired) electrons. The van der Waals surface area contributed by atoms with Gasteiger partial charge in [-0.25, -0.2) is 4.79 Å². The van der Waals surface area contributed by atoms with Crippen molar-refractivity contribution in [3.63, 3.8) is 0 Å². The third-order valence-corrected chi connectivity index (χ3v) is 2.82. The summed E-state index contributed by atoms with van der Waals surface area (Å²) in [6, 6.07) is 0. The zero-order valence-electron chi connectivity index (χ0n) is 9.96. The van der Waals surface area contributed by atoms with Crippen LogP contribution in [-0.2, 0) is 9.59 Å². The Bertz CT molecular complexity index is 240. The number of hydrogen-bond donors (Lipinski definition) is 2. The van der Waals surface area contributed by atoms with E-state index in [1.807, 2.05) is 13.8 Å². The highest BCUT2D eigenvalue weighted by Gasteiger charge is 2.38. The molecule has 0 aliphatic heterocycles. The molecule has 0 saturated heterocycles. The largest absolute Gasteiger partial charge is 0.480 e. The van der Waals surface area contributed by atoms with Gasteiger partial charge in [-0.2, -0.15) is 0 Å². The summed E-state index contributed by atoms with van der Waals surface area (Å²) in [6.07, 6.45) is 1.80. The van der Waals surface area contributed by atoms with Crippen LogP contribution in [0.3, 0.4) is 0 Å². The quantitative estimate of drug-likeness (QED) is 0.710. The summed E-state index contributed by atoms with van der Waals surface area (Å²) < 4.78 is 0. The van der Waals surface area contributed by atoms with Crippen LogP contribution in [0.25, 0.3) is 0 Å². The van der Waals surface area contributed by atoms with E-state index in [4.69, 9.17) is 0 Å². The number of rotatable bonds is 6. The predicted octanol–water partition coefficient (Wildman–Crippen LogP) is 1.79. The Labute approximate surface area is 91.1 Å². The first-order valence-electron chi connectivity index (χ1n) is 5.40. The molecule has 0 rings (SSSR count). The first kappa shape index (κ1) is 13.9. The van der Waals surface area contributed by atoms with Crippen LogP contribution in [0.5, 0.6) is 0 Å². The zero-order valence-corrected chi connectivity index (χ0v) is 9.96. The highest BCUT2D eigenvalue weighted by Crippen LogP contribution is 2.23. The lowest BCUT2D eigenvalue weighted by Gasteiger charge is -2.31.